The molecule has 0 heterocycles. The number of nitrogens with one attached hydrogen (secondary N) is 1. The first kappa shape index (κ1) is 16.0. The van der Waals surface area contributed by atoms with Crippen LogP contribution in [0.3, 0.4) is 0 Å². The zero-order chi connectivity index (χ0) is 15.5. The van der Waals surface area contributed by atoms with Gasteiger partial charge in [-0.15, -0.1) is 0 Å². The van der Waals surface area contributed by atoms with Crippen molar-refractivity contribution in [3.05, 3.63) is 59.7 Å². The second kappa shape index (κ2) is 6.58. The molecule has 0 radical (unpaired) electrons. The fourth-order valence-corrected chi connectivity index (χ4v) is 2.55. The van der Waals surface area contributed by atoms with Crippen LogP contribution in [0.4, 0.5) is 8.78 Å². The number of hydrogen-bond donors (Lipinski definition) is 1. The van der Waals surface area contributed by atoms with Gasteiger partial charge < -0.3 is 5.32 Å². The van der Waals surface area contributed by atoms with Crippen molar-refractivity contribution < 1.29 is 8.78 Å². The molecule has 0 amide bonds. The number of rotatable bonds is 4. The summed E-state index contributed by atoms with van der Waals surface area (Å²) in [6.07, 6.45) is 0. The molecule has 1 nitrogen and oxygen atoms in total. The predicted octanol–water partition coefficient (Wildman–Crippen LogP) is 5.00. The van der Waals surface area contributed by atoms with Crippen molar-refractivity contribution in [2.24, 2.45) is 0 Å². The smallest absolute Gasteiger partial charge is 0.137 e. The lowest BCUT2D eigenvalue weighted by Crippen LogP contribution is -2.35. The Morgan fingerprint density at radius 2 is 1.67 bits per heavy atom. The van der Waals surface area contributed by atoms with Crippen LogP contribution >= 0.6 is 11.8 Å². The Labute approximate surface area is 128 Å². The summed E-state index contributed by atoms with van der Waals surface area (Å²) < 4.78 is 27.0. The first-order valence-corrected chi connectivity index (χ1v) is 7.62. The average molecular weight is 307 g/mol. The molecular formula is C17H19F2NS. The van der Waals surface area contributed by atoms with Crippen LogP contribution in [0.15, 0.2) is 52.3 Å². The summed E-state index contributed by atoms with van der Waals surface area (Å²) in [6, 6.07) is 11.3. The van der Waals surface area contributed by atoms with Crippen molar-refractivity contribution in [1.82, 2.24) is 5.32 Å². The van der Waals surface area contributed by atoms with Gasteiger partial charge in [-0.3, -0.25) is 0 Å². The van der Waals surface area contributed by atoms with Crippen molar-refractivity contribution >= 4 is 11.8 Å². The highest BCUT2D eigenvalue weighted by Gasteiger charge is 2.10. The average Bonchev–Trinajstić information content (AvgIpc) is 2.41. The van der Waals surface area contributed by atoms with Crippen molar-refractivity contribution in [2.75, 3.05) is 0 Å². The molecule has 0 atom stereocenters. The van der Waals surface area contributed by atoms with E-state index in [1.54, 1.807) is 24.3 Å². The van der Waals surface area contributed by atoms with Gasteiger partial charge in [0.15, 0.2) is 0 Å². The minimum atomic E-state index is -0.288. The summed E-state index contributed by atoms with van der Waals surface area (Å²) in [5.41, 5.74) is 0.906. The molecular weight excluding hydrogens is 288 g/mol. The lowest BCUT2D eigenvalue weighted by Gasteiger charge is -2.20. The van der Waals surface area contributed by atoms with E-state index in [2.05, 4.69) is 26.1 Å². The van der Waals surface area contributed by atoms with E-state index in [1.807, 2.05) is 6.07 Å². The standard InChI is InChI=1S/C17H19F2NS/c1-17(2,3)20-11-12-4-9-16(15(19)10-12)21-14-7-5-13(18)6-8-14/h4-10,20H,11H2,1-3H3. The van der Waals surface area contributed by atoms with Crippen molar-refractivity contribution in [2.45, 2.75) is 42.6 Å². The highest BCUT2D eigenvalue weighted by atomic mass is 32.2. The van der Waals surface area contributed by atoms with Crippen LogP contribution < -0.4 is 5.32 Å². The maximum Gasteiger partial charge on any atom is 0.137 e. The normalized spacial score (nSPS) is 11.7. The highest BCUT2D eigenvalue weighted by Crippen LogP contribution is 2.30. The number of hydrogen-bond acceptors (Lipinski definition) is 2. The molecule has 0 spiro atoms. The van der Waals surface area contributed by atoms with Gasteiger partial charge in [-0.1, -0.05) is 17.8 Å². The van der Waals surface area contributed by atoms with E-state index in [-0.39, 0.29) is 17.2 Å². The van der Waals surface area contributed by atoms with Crippen LogP contribution in [-0.4, -0.2) is 5.54 Å². The zero-order valence-corrected chi connectivity index (χ0v) is 13.2. The van der Waals surface area contributed by atoms with Gasteiger partial charge in [0.1, 0.15) is 11.6 Å². The Morgan fingerprint density at radius 1 is 1.00 bits per heavy atom. The molecule has 1 N–H and O–H groups in total. The first-order chi connectivity index (χ1) is 9.83. The third-order valence-electron chi connectivity index (χ3n) is 2.86. The Kier molecular flexibility index (Phi) is 5.01. The molecule has 2 aromatic rings. The zero-order valence-electron chi connectivity index (χ0n) is 12.4. The Hall–Kier alpha value is -1.39. The Morgan fingerprint density at radius 3 is 2.24 bits per heavy atom. The van der Waals surface area contributed by atoms with Gasteiger partial charge in [-0.2, -0.15) is 0 Å². The largest absolute Gasteiger partial charge is 0.308 e. The van der Waals surface area contributed by atoms with E-state index in [1.165, 1.54) is 23.9 Å². The lowest BCUT2D eigenvalue weighted by molar-refractivity contribution is 0.423. The van der Waals surface area contributed by atoms with Crippen molar-refractivity contribution in [3.63, 3.8) is 0 Å². The summed E-state index contributed by atoms with van der Waals surface area (Å²) in [4.78, 5) is 1.36. The predicted molar refractivity (Wildman–Crippen MR) is 83.5 cm³/mol. The van der Waals surface area contributed by atoms with Gasteiger partial charge in [-0.25, -0.2) is 8.78 Å². The van der Waals surface area contributed by atoms with Crippen molar-refractivity contribution in [1.29, 1.82) is 0 Å². The third kappa shape index (κ3) is 5.14. The second-order valence-corrected chi connectivity index (χ2v) is 7.04. The van der Waals surface area contributed by atoms with E-state index in [0.717, 1.165) is 10.5 Å². The van der Waals surface area contributed by atoms with Gasteiger partial charge in [-0.05, 0) is 62.7 Å². The molecule has 4 heteroatoms. The molecule has 2 rings (SSSR count). The monoisotopic (exact) mass is 307 g/mol. The Bertz CT molecular complexity index is 603. The maximum atomic E-state index is 14.1. The van der Waals surface area contributed by atoms with Crippen LogP contribution in [-0.2, 0) is 6.54 Å². The summed E-state index contributed by atoms with van der Waals surface area (Å²) in [5, 5.41) is 3.33. The van der Waals surface area contributed by atoms with Gasteiger partial charge in [0.2, 0.25) is 0 Å². The van der Waals surface area contributed by atoms with E-state index < -0.39 is 0 Å². The van der Waals surface area contributed by atoms with Gasteiger partial charge in [0.05, 0.1) is 0 Å². The summed E-state index contributed by atoms with van der Waals surface area (Å²) in [7, 11) is 0. The highest BCUT2D eigenvalue weighted by molar-refractivity contribution is 7.99. The minimum absolute atomic E-state index is 0.00198. The fourth-order valence-electron chi connectivity index (χ4n) is 1.73. The van der Waals surface area contributed by atoms with E-state index >= 15 is 0 Å². The van der Waals surface area contributed by atoms with E-state index in [9.17, 15) is 8.78 Å². The lowest BCUT2D eigenvalue weighted by atomic mass is 10.1. The molecule has 112 valence electrons. The maximum absolute atomic E-state index is 14.1. The van der Waals surface area contributed by atoms with Gasteiger partial charge in [0, 0.05) is 21.9 Å². The van der Waals surface area contributed by atoms with Crippen molar-refractivity contribution in [3.8, 4) is 0 Å². The van der Waals surface area contributed by atoms with E-state index in [4.69, 9.17) is 0 Å². The topological polar surface area (TPSA) is 12.0 Å². The molecule has 0 aliphatic rings. The van der Waals surface area contributed by atoms with E-state index in [0.29, 0.717) is 11.4 Å². The molecule has 0 aliphatic carbocycles. The molecule has 0 unspecified atom stereocenters. The molecule has 0 aromatic heterocycles. The molecule has 0 saturated carbocycles. The first-order valence-electron chi connectivity index (χ1n) is 6.80. The van der Waals surface area contributed by atoms with Crippen LogP contribution in [0.5, 0.6) is 0 Å². The van der Waals surface area contributed by atoms with Crippen LogP contribution in [0, 0.1) is 11.6 Å². The quantitative estimate of drug-likeness (QED) is 0.852. The molecule has 0 fully saturated rings. The molecule has 2 aromatic carbocycles. The number of benzene rings is 2. The summed E-state index contributed by atoms with van der Waals surface area (Å²) in [5.74, 6) is -0.541. The van der Waals surface area contributed by atoms with Gasteiger partial charge >= 0.3 is 0 Å². The Balaban J connectivity index is 2.07. The molecule has 0 saturated heterocycles. The van der Waals surface area contributed by atoms with Crippen LogP contribution in [0.1, 0.15) is 26.3 Å². The molecule has 0 aliphatic heterocycles. The number of halogens is 2. The van der Waals surface area contributed by atoms with Crippen LogP contribution in [0.2, 0.25) is 0 Å². The summed E-state index contributed by atoms with van der Waals surface area (Å²) in [6.45, 7) is 6.84. The minimum Gasteiger partial charge on any atom is -0.308 e. The van der Waals surface area contributed by atoms with Crippen LogP contribution in [0.25, 0.3) is 0 Å². The molecule has 0 bridgehead atoms. The third-order valence-corrected chi connectivity index (χ3v) is 3.92. The summed E-state index contributed by atoms with van der Waals surface area (Å²) >= 11 is 1.29. The fraction of sp³-hybridized carbons (Fsp3) is 0.294. The van der Waals surface area contributed by atoms with Gasteiger partial charge in [0.25, 0.3) is 0 Å². The SMILES string of the molecule is CC(C)(C)NCc1ccc(Sc2ccc(F)cc2)c(F)c1. The second-order valence-electron chi connectivity index (χ2n) is 5.92. The molecule has 21 heavy (non-hydrogen) atoms.